The van der Waals surface area contributed by atoms with Gasteiger partial charge >= 0.3 is 0 Å². The fourth-order valence-corrected chi connectivity index (χ4v) is 3.04. The molecule has 3 N–H and O–H groups in total. The molecule has 7 heteroatoms. The molecule has 2 rings (SSSR count). The quantitative estimate of drug-likeness (QED) is 0.772. The summed E-state index contributed by atoms with van der Waals surface area (Å²) in [6, 6.07) is 4.21. The second-order valence-electron chi connectivity index (χ2n) is 4.09. The first-order valence-corrected chi connectivity index (χ1v) is 7.05. The number of anilines is 1. The van der Waals surface area contributed by atoms with Crippen LogP contribution in [0.15, 0.2) is 23.1 Å². The van der Waals surface area contributed by atoms with Crippen LogP contribution in [0.5, 0.6) is 5.75 Å². The molecule has 0 bridgehead atoms. The summed E-state index contributed by atoms with van der Waals surface area (Å²) in [5.41, 5.74) is 6.05. The highest BCUT2D eigenvalue weighted by atomic mass is 32.2. The molecule has 1 aliphatic rings. The minimum Gasteiger partial charge on any atom is -0.495 e. The number of sulfonamides is 1. The molecule has 6 nitrogen and oxygen atoms in total. The Morgan fingerprint density at radius 1 is 1.50 bits per heavy atom. The van der Waals surface area contributed by atoms with Gasteiger partial charge in [-0.3, -0.25) is 0 Å². The monoisotopic (exact) mass is 272 g/mol. The summed E-state index contributed by atoms with van der Waals surface area (Å²) >= 11 is 0. The third-order valence-electron chi connectivity index (χ3n) is 2.77. The van der Waals surface area contributed by atoms with E-state index in [0.717, 1.165) is 0 Å². The van der Waals surface area contributed by atoms with Gasteiger partial charge < -0.3 is 15.2 Å². The molecule has 0 aliphatic carbocycles. The minimum absolute atomic E-state index is 0.139. The van der Waals surface area contributed by atoms with Crippen molar-refractivity contribution in [1.82, 2.24) is 4.72 Å². The van der Waals surface area contributed by atoms with E-state index in [1.54, 1.807) is 0 Å². The summed E-state index contributed by atoms with van der Waals surface area (Å²) in [6.07, 6.45) is 0.686. The number of methoxy groups -OCH3 is 1. The molecule has 0 aromatic heterocycles. The van der Waals surface area contributed by atoms with Crippen molar-refractivity contribution in [3.8, 4) is 5.75 Å². The largest absolute Gasteiger partial charge is 0.495 e. The van der Waals surface area contributed by atoms with Gasteiger partial charge in [-0.25, -0.2) is 13.1 Å². The Hall–Kier alpha value is -1.31. The molecular weight excluding hydrogens is 256 g/mol. The van der Waals surface area contributed by atoms with Crippen molar-refractivity contribution in [3.63, 3.8) is 0 Å². The zero-order chi connectivity index (χ0) is 13.2. The second kappa shape index (κ2) is 5.13. The highest BCUT2D eigenvalue weighted by Crippen LogP contribution is 2.25. The molecule has 1 saturated heterocycles. The van der Waals surface area contributed by atoms with Crippen molar-refractivity contribution in [3.05, 3.63) is 18.2 Å². The van der Waals surface area contributed by atoms with Crippen LogP contribution < -0.4 is 15.2 Å². The molecule has 0 spiro atoms. The van der Waals surface area contributed by atoms with Gasteiger partial charge in [0.1, 0.15) is 5.75 Å². The number of benzene rings is 1. The van der Waals surface area contributed by atoms with Crippen molar-refractivity contribution in [2.24, 2.45) is 0 Å². The van der Waals surface area contributed by atoms with E-state index >= 15 is 0 Å². The van der Waals surface area contributed by atoms with E-state index in [9.17, 15) is 8.42 Å². The summed E-state index contributed by atoms with van der Waals surface area (Å²) in [5.74, 6) is 0.348. The molecule has 1 aliphatic heterocycles. The van der Waals surface area contributed by atoms with Crippen molar-refractivity contribution in [2.75, 3.05) is 26.1 Å². The van der Waals surface area contributed by atoms with Gasteiger partial charge in [0.25, 0.3) is 0 Å². The third-order valence-corrected chi connectivity index (χ3v) is 4.28. The van der Waals surface area contributed by atoms with Crippen molar-refractivity contribution in [2.45, 2.75) is 17.4 Å². The normalized spacial score (nSPS) is 19.9. The number of hydrogen-bond acceptors (Lipinski definition) is 5. The molecule has 0 radical (unpaired) electrons. The average molecular weight is 272 g/mol. The summed E-state index contributed by atoms with van der Waals surface area (Å²) < 4.78 is 36.9. The Morgan fingerprint density at radius 3 is 2.89 bits per heavy atom. The zero-order valence-corrected chi connectivity index (χ0v) is 10.9. The lowest BCUT2D eigenvalue weighted by atomic mass is 10.3. The Balaban J connectivity index is 2.23. The molecule has 1 aromatic rings. The third kappa shape index (κ3) is 2.74. The first-order valence-electron chi connectivity index (χ1n) is 5.56. The highest BCUT2D eigenvalue weighted by Gasteiger charge is 2.24. The smallest absolute Gasteiger partial charge is 0.241 e. The zero-order valence-electron chi connectivity index (χ0n) is 10.0. The van der Waals surface area contributed by atoms with Crippen LogP contribution in [0.25, 0.3) is 0 Å². The topological polar surface area (TPSA) is 90.7 Å². The van der Waals surface area contributed by atoms with E-state index in [1.807, 2.05) is 0 Å². The first-order chi connectivity index (χ1) is 8.53. The van der Waals surface area contributed by atoms with E-state index in [-0.39, 0.29) is 10.9 Å². The molecular formula is C11H16N2O4S. The lowest BCUT2D eigenvalue weighted by Crippen LogP contribution is -2.35. The van der Waals surface area contributed by atoms with Crippen LogP contribution in [0.1, 0.15) is 6.42 Å². The second-order valence-corrected chi connectivity index (χ2v) is 5.80. The first kappa shape index (κ1) is 13.1. The van der Waals surface area contributed by atoms with E-state index in [4.69, 9.17) is 15.2 Å². The van der Waals surface area contributed by atoms with Gasteiger partial charge in [-0.05, 0) is 18.6 Å². The Bertz CT molecular complexity index is 524. The molecule has 1 unspecified atom stereocenters. The van der Waals surface area contributed by atoms with Gasteiger partial charge in [-0.1, -0.05) is 0 Å². The molecule has 0 amide bonds. The maximum absolute atomic E-state index is 12.1. The number of hydrogen-bond donors (Lipinski definition) is 2. The van der Waals surface area contributed by atoms with E-state index in [0.29, 0.717) is 31.1 Å². The predicted molar refractivity (Wildman–Crippen MR) is 67.0 cm³/mol. The molecule has 1 atom stereocenters. The minimum atomic E-state index is -3.56. The summed E-state index contributed by atoms with van der Waals surface area (Å²) in [6.45, 7) is 0.990. The predicted octanol–water partition coefficient (Wildman–Crippen LogP) is 0.345. The van der Waals surface area contributed by atoms with Crippen molar-refractivity contribution < 1.29 is 17.9 Å². The standard InChI is InChI=1S/C11H16N2O4S/c1-16-11-6-9(2-3-10(11)12)18(14,15)13-8-4-5-17-7-8/h2-3,6,8,13H,4-5,7,12H2,1H3. The Morgan fingerprint density at radius 2 is 2.28 bits per heavy atom. The Kier molecular flexibility index (Phi) is 3.74. The number of ether oxygens (including phenoxy) is 2. The van der Waals surface area contributed by atoms with Crippen LogP contribution in [0.3, 0.4) is 0 Å². The number of nitrogens with one attached hydrogen (secondary N) is 1. The van der Waals surface area contributed by atoms with Crippen LogP contribution in [-0.2, 0) is 14.8 Å². The van der Waals surface area contributed by atoms with Gasteiger partial charge in [0.15, 0.2) is 0 Å². The van der Waals surface area contributed by atoms with Crippen LogP contribution in [0.4, 0.5) is 5.69 Å². The number of nitrogen functional groups attached to an aromatic ring is 1. The average Bonchev–Trinajstić information content (AvgIpc) is 2.81. The van der Waals surface area contributed by atoms with Crippen molar-refractivity contribution in [1.29, 1.82) is 0 Å². The number of nitrogens with two attached hydrogens (primary N) is 1. The molecule has 1 aromatic carbocycles. The van der Waals surface area contributed by atoms with Gasteiger partial charge in [-0.15, -0.1) is 0 Å². The summed E-state index contributed by atoms with van der Waals surface area (Å²) in [7, 11) is -2.11. The van der Waals surface area contributed by atoms with Crippen LogP contribution in [0.2, 0.25) is 0 Å². The highest BCUT2D eigenvalue weighted by molar-refractivity contribution is 7.89. The molecule has 1 heterocycles. The fraction of sp³-hybridized carbons (Fsp3) is 0.455. The van der Waals surface area contributed by atoms with Crippen LogP contribution >= 0.6 is 0 Å². The molecule has 18 heavy (non-hydrogen) atoms. The lowest BCUT2D eigenvalue weighted by molar-refractivity contribution is 0.192. The van der Waals surface area contributed by atoms with Crippen LogP contribution in [-0.4, -0.2) is 34.8 Å². The lowest BCUT2D eigenvalue weighted by Gasteiger charge is -2.12. The van der Waals surface area contributed by atoms with E-state index < -0.39 is 10.0 Å². The van der Waals surface area contributed by atoms with Gasteiger partial charge in [0.2, 0.25) is 10.0 Å². The molecule has 0 saturated carbocycles. The maximum atomic E-state index is 12.1. The number of rotatable bonds is 4. The maximum Gasteiger partial charge on any atom is 0.241 e. The van der Waals surface area contributed by atoms with E-state index in [1.165, 1.54) is 25.3 Å². The summed E-state index contributed by atoms with van der Waals surface area (Å²) in [4.78, 5) is 0.139. The fourth-order valence-electron chi connectivity index (χ4n) is 1.77. The summed E-state index contributed by atoms with van der Waals surface area (Å²) in [5, 5.41) is 0. The molecule has 1 fully saturated rings. The van der Waals surface area contributed by atoms with E-state index in [2.05, 4.69) is 4.72 Å². The Labute approximate surface area is 106 Å². The SMILES string of the molecule is COc1cc(S(=O)(=O)NC2CCOC2)ccc1N. The molecule has 100 valence electrons. The van der Waals surface area contributed by atoms with Gasteiger partial charge in [0, 0.05) is 18.7 Å². The van der Waals surface area contributed by atoms with Gasteiger partial charge in [0.05, 0.1) is 24.3 Å². The van der Waals surface area contributed by atoms with Gasteiger partial charge in [-0.2, -0.15) is 0 Å². The van der Waals surface area contributed by atoms with Crippen molar-refractivity contribution >= 4 is 15.7 Å². The van der Waals surface area contributed by atoms with Crippen LogP contribution in [0, 0.1) is 0 Å².